The molecule has 1 nitrogen and oxygen atoms in total. The van der Waals surface area contributed by atoms with Gasteiger partial charge in [0.05, 0.1) is 6.61 Å². The second-order valence-corrected chi connectivity index (χ2v) is 4.65. The molecule has 14 heavy (non-hydrogen) atoms. The quantitative estimate of drug-likeness (QED) is 0.747. The Balaban J connectivity index is 2.72. The lowest BCUT2D eigenvalue weighted by molar-refractivity contribution is 0.134. The molecule has 1 aromatic carbocycles. The van der Waals surface area contributed by atoms with E-state index in [1.807, 2.05) is 6.92 Å². The van der Waals surface area contributed by atoms with Crippen LogP contribution in [-0.2, 0) is 17.8 Å². The number of alkyl halides is 1. The van der Waals surface area contributed by atoms with Crippen molar-refractivity contribution in [3.8, 4) is 0 Å². The van der Waals surface area contributed by atoms with E-state index in [2.05, 4.69) is 50.1 Å². The molecule has 0 unspecified atom stereocenters. The van der Waals surface area contributed by atoms with Crippen LogP contribution in [0.4, 0.5) is 0 Å². The summed E-state index contributed by atoms with van der Waals surface area (Å²) in [7, 11) is 0. The van der Waals surface area contributed by atoms with E-state index in [0.29, 0.717) is 6.61 Å². The van der Waals surface area contributed by atoms with E-state index < -0.39 is 0 Å². The van der Waals surface area contributed by atoms with Crippen molar-refractivity contribution in [3.05, 3.63) is 33.8 Å². The number of halogens is 2. The lowest BCUT2D eigenvalue weighted by Crippen LogP contribution is -1.95. The zero-order valence-corrected chi connectivity index (χ0v) is 11.4. The first-order valence-corrected chi connectivity index (χ1v) is 6.60. The van der Waals surface area contributed by atoms with Gasteiger partial charge in [-0.25, -0.2) is 0 Å². The molecule has 0 heterocycles. The van der Waals surface area contributed by atoms with Crippen molar-refractivity contribution in [3.63, 3.8) is 0 Å². The highest BCUT2D eigenvalue weighted by Crippen LogP contribution is 2.20. The lowest BCUT2D eigenvalue weighted by Gasteiger charge is -2.06. The van der Waals surface area contributed by atoms with Crippen LogP contribution in [0, 0.1) is 0 Å². The van der Waals surface area contributed by atoms with Gasteiger partial charge in [-0.3, -0.25) is 0 Å². The van der Waals surface area contributed by atoms with Gasteiger partial charge in [0.25, 0.3) is 0 Å². The molecular weight excluding hydrogens is 308 g/mol. The second kappa shape index (κ2) is 6.59. The van der Waals surface area contributed by atoms with E-state index in [-0.39, 0.29) is 0 Å². The SMILES string of the molecule is CCOCc1ccc(Br)c(CCBr)c1. The summed E-state index contributed by atoms with van der Waals surface area (Å²) in [5.41, 5.74) is 2.57. The van der Waals surface area contributed by atoms with E-state index in [9.17, 15) is 0 Å². The molecule has 0 amide bonds. The molecule has 78 valence electrons. The Bertz CT molecular complexity index is 287. The molecule has 0 spiro atoms. The summed E-state index contributed by atoms with van der Waals surface area (Å²) >= 11 is 6.98. The van der Waals surface area contributed by atoms with E-state index in [1.165, 1.54) is 15.6 Å². The molecule has 0 aromatic heterocycles. The first-order chi connectivity index (χ1) is 6.77. The van der Waals surface area contributed by atoms with Gasteiger partial charge in [-0.15, -0.1) is 0 Å². The minimum absolute atomic E-state index is 0.707. The highest BCUT2D eigenvalue weighted by molar-refractivity contribution is 9.10. The maximum absolute atomic E-state index is 5.37. The van der Waals surface area contributed by atoms with Gasteiger partial charge in [0, 0.05) is 16.4 Å². The summed E-state index contributed by atoms with van der Waals surface area (Å²) in [6.45, 7) is 3.49. The van der Waals surface area contributed by atoms with Crippen LogP contribution < -0.4 is 0 Å². The number of rotatable bonds is 5. The fourth-order valence-corrected chi connectivity index (χ4v) is 2.10. The van der Waals surface area contributed by atoms with Gasteiger partial charge in [0.1, 0.15) is 0 Å². The summed E-state index contributed by atoms with van der Waals surface area (Å²) < 4.78 is 6.54. The number of hydrogen-bond donors (Lipinski definition) is 0. The molecular formula is C11H14Br2O. The Morgan fingerprint density at radius 1 is 1.36 bits per heavy atom. The molecule has 0 saturated carbocycles. The zero-order valence-electron chi connectivity index (χ0n) is 8.22. The molecule has 0 N–H and O–H groups in total. The molecule has 0 aliphatic heterocycles. The molecule has 1 rings (SSSR count). The first kappa shape index (κ1) is 12.2. The van der Waals surface area contributed by atoms with Crippen molar-refractivity contribution in [1.82, 2.24) is 0 Å². The molecule has 3 heteroatoms. The summed E-state index contributed by atoms with van der Waals surface area (Å²) in [5.74, 6) is 0. The number of hydrogen-bond acceptors (Lipinski definition) is 1. The monoisotopic (exact) mass is 320 g/mol. The molecule has 0 aliphatic rings. The highest BCUT2D eigenvalue weighted by Gasteiger charge is 2.01. The fraction of sp³-hybridized carbons (Fsp3) is 0.455. The van der Waals surface area contributed by atoms with E-state index in [0.717, 1.165) is 18.4 Å². The van der Waals surface area contributed by atoms with Crippen molar-refractivity contribution in [2.45, 2.75) is 20.0 Å². The Morgan fingerprint density at radius 3 is 2.79 bits per heavy atom. The van der Waals surface area contributed by atoms with Crippen LogP contribution in [-0.4, -0.2) is 11.9 Å². The average Bonchev–Trinajstić information content (AvgIpc) is 2.19. The Hall–Kier alpha value is 0.140. The van der Waals surface area contributed by atoms with Crippen LogP contribution in [0.15, 0.2) is 22.7 Å². The lowest BCUT2D eigenvalue weighted by atomic mass is 10.1. The van der Waals surface area contributed by atoms with Crippen LogP contribution in [0.5, 0.6) is 0 Å². The number of ether oxygens (including phenoxy) is 1. The Morgan fingerprint density at radius 2 is 2.14 bits per heavy atom. The van der Waals surface area contributed by atoms with Crippen molar-refractivity contribution in [2.75, 3.05) is 11.9 Å². The van der Waals surface area contributed by atoms with Gasteiger partial charge in [-0.2, -0.15) is 0 Å². The number of aryl methyl sites for hydroxylation is 1. The minimum Gasteiger partial charge on any atom is -0.377 e. The smallest absolute Gasteiger partial charge is 0.0716 e. The van der Waals surface area contributed by atoms with Crippen LogP contribution >= 0.6 is 31.9 Å². The Kier molecular flexibility index (Phi) is 5.75. The van der Waals surface area contributed by atoms with Crippen LogP contribution in [0.2, 0.25) is 0 Å². The molecule has 0 bridgehead atoms. The van der Waals surface area contributed by atoms with Gasteiger partial charge in [0.15, 0.2) is 0 Å². The maximum Gasteiger partial charge on any atom is 0.0716 e. The summed E-state index contributed by atoms with van der Waals surface area (Å²) in [6.07, 6.45) is 1.04. The summed E-state index contributed by atoms with van der Waals surface area (Å²) in [5, 5.41) is 0.990. The first-order valence-electron chi connectivity index (χ1n) is 4.69. The maximum atomic E-state index is 5.37. The van der Waals surface area contributed by atoms with Crippen LogP contribution in [0.25, 0.3) is 0 Å². The van der Waals surface area contributed by atoms with Gasteiger partial charge in [0.2, 0.25) is 0 Å². The normalized spacial score (nSPS) is 10.5. The Labute approximate surface area is 102 Å². The standard InChI is InChI=1S/C11H14Br2O/c1-2-14-8-9-3-4-11(13)10(7-9)5-6-12/h3-4,7H,2,5-6,8H2,1H3. The molecule has 0 radical (unpaired) electrons. The van der Waals surface area contributed by atoms with Gasteiger partial charge in [-0.05, 0) is 30.5 Å². The van der Waals surface area contributed by atoms with Gasteiger partial charge < -0.3 is 4.74 Å². The van der Waals surface area contributed by atoms with Gasteiger partial charge >= 0.3 is 0 Å². The molecule has 1 aromatic rings. The van der Waals surface area contributed by atoms with Crippen molar-refractivity contribution in [2.24, 2.45) is 0 Å². The molecule has 0 aliphatic carbocycles. The largest absolute Gasteiger partial charge is 0.377 e. The second-order valence-electron chi connectivity index (χ2n) is 3.00. The molecule has 0 atom stereocenters. The number of benzene rings is 1. The predicted molar refractivity (Wildman–Crippen MR) is 67.0 cm³/mol. The highest BCUT2D eigenvalue weighted by atomic mass is 79.9. The van der Waals surface area contributed by atoms with E-state index in [4.69, 9.17) is 4.74 Å². The van der Waals surface area contributed by atoms with E-state index >= 15 is 0 Å². The molecule has 0 saturated heterocycles. The van der Waals surface area contributed by atoms with Crippen LogP contribution in [0.1, 0.15) is 18.1 Å². The van der Waals surface area contributed by atoms with Gasteiger partial charge in [-0.1, -0.05) is 44.0 Å². The van der Waals surface area contributed by atoms with E-state index in [1.54, 1.807) is 0 Å². The average molecular weight is 322 g/mol. The third-order valence-corrected chi connectivity index (χ3v) is 3.12. The third-order valence-electron chi connectivity index (χ3n) is 1.95. The summed E-state index contributed by atoms with van der Waals surface area (Å²) in [4.78, 5) is 0. The van der Waals surface area contributed by atoms with Crippen molar-refractivity contribution >= 4 is 31.9 Å². The fourth-order valence-electron chi connectivity index (χ4n) is 1.23. The molecule has 0 fully saturated rings. The van der Waals surface area contributed by atoms with Crippen LogP contribution in [0.3, 0.4) is 0 Å². The summed E-state index contributed by atoms with van der Waals surface area (Å²) in [6, 6.07) is 6.38. The van der Waals surface area contributed by atoms with Crippen molar-refractivity contribution in [1.29, 1.82) is 0 Å². The zero-order chi connectivity index (χ0) is 10.4. The third kappa shape index (κ3) is 3.71. The van der Waals surface area contributed by atoms with Crippen molar-refractivity contribution < 1.29 is 4.74 Å². The predicted octanol–water partition coefficient (Wildman–Crippen LogP) is 3.92. The minimum atomic E-state index is 0.707. The topological polar surface area (TPSA) is 9.23 Å².